The van der Waals surface area contributed by atoms with Crippen LogP contribution in [-0.4, -0.2) is 35.5 Å². The SMILES string of the molecule is Clc1ccc(O[P+](Cc2ccccc2)(N2CCCCC2)N2CCCCC2)cc1. The second-order valence-electron chi connectivity index (χ2n) is 7.88. The topological polar surface area (TPSA) is 15.7 Å². The molecule has 0 spiro atoms. The van der Waals surface area contributed by atoms with Gasteiger partial charge in [0.2, 0.25) is 0 Å². The van der Waals surface area contributed by atoms with Gasteiger partial charge in [0.25, 0.3) is 0 Å². The normalized spacial score (nSPS) is 19.5. The van der Waals surface area contributed by atoms with Crippen molar-refractivity contribution >= 4 is 19.4 Å². The van der Waals surface area contributed by atoms with E-state index in [1.165, 1.54) is 44.1 Å². The molecule has 2 heterocycles. The van der Waals surface area contributed by atoms with Crippen molar-refractivity contribution in [3.63, 3.8) is 0 Å². The highest BCUT2D eigenvalue weighted by molar-refractivity contribution is 7.66. The van der Waals surface area contributed by atoms with Crippen molar-refractivity contribution in [2.24, 2.45) is 0 Å². The number of piperidine rings is 2. The minimum absolute atomic E-state index is 0.760. The molecule has 0 aromatic heterocycles. The van der Waals surface area contributed by atoms with Gasteiger partial charge in [-0.25, -0.2) is 0 Å². The van der Waals surface area contributed by atoms with E-state index in [9.17, 15) is 0 Å². The molecule has 5 heteroatoms. The summed E-state index contributed by atoms with van der Waals surface area (Å²) >= 11 is 6.14. The zero-order chi connectivity index (χ0) is 19.2. The van der Waals surface area contributed by atoms with E-state index in [2.05, 4.69) is 39.7 Å². The predicted molar refractivity (Wildman–Crippen MR) is 120 cm³/mol. The summed E-state index contributed by atoms with van der Waals surface area (Å²) in [5, 5.41) is 0.760. The van der Waals surface area contributed by atoms with Crippen LogP contribution < -0.4 is 4.52 Å². The summed E-state index contributed by atoms with van der Waals surface area (Å²) in [5.74, 6) is 0.949. The zero-order valence-corrected chi connectivity index (χ0v) is 18.3. The third-order valence-corrected chi connectivity index (χ3v) is 9.95. The number of nitrogens with zero attached hydrogens (tertiary/aromatic N) is 2. The van der Waals surface area contributed by atoms with Gasteiger partial charge in [0, 0.05) is 31.2 Å². The van der Waals surface area contributed by atoms with Crippen LogP contribution in [0.2, 0.25) is 5.02 Å². The Morgan fingerprint density at radius 3 is 1.79 bits per heavy atom. The number of halogens is 1. The molecule has 3 nitrogen and oxygen atoms in total. The average Bonchev–Trinajstić information content (AvgIpc) is 2.77. The van der Waals surface area contributed by atoms with E-state index in [-0.39, 0.29) is 0 Å². The maximum atomic E-state index is 7.04. The van der Waals surface area contributed by atoms with Gasteiger partial charge in [-0.1, -0.05) is 54.8 Å². The molecule has 0 unspecified atom stereocenters. The molecule has 0 amide bonds. The third kappa shape index (κ3) is 4.71. The summed E-state index contributed by atoms with van der Waals surface area (Å²) in [6.45, 7) is 4.57. The largest absolute Gasteiger partial charge is 0.341 e. The second-order valence-corrected chi connectivity index (χ2v) is 11.3. The minimum Gasteiger partial charge on any atom is -0.312 e. The summed E-state index contributed by atoms with van der Waals surface area (Å²) in [7, 11) is -1.98. The first-order chi connectivity index (χ1) is 13.8. The summed E-state index contributed by atoms with van der Waals surface area (Å²) in [6.07, 6.45) is 8.74. The fourth-order valence-corrected chi connectivity index (χ4v) is 8.53. The molecule has 150 valence electrons. The van der Waals surface area contributed by atoms with Crippen molar-refractivity contribution in [1.29, 1.82) is 0 Å². The monoisotopic (exact) mass is 417 g/mol. The van der Waals surface area contributed by atoms with E-state index in [0.29, 0.717) is 0 Å². The molecule has 0 saturated carbocycles. The van der Waals surface area contributed by atoms with Crippen LogP contribution >= 0.6 is 19.4 Å². The maximum Gasteiger partial charge on any atom is 0.341 e. The van der Waals surface area contributed by atoms with Crippen molar-refractivity contribution in [1.82, 2.24) is 9.34 Å². The number of rotatable bonds is 6. The molecule has 4 rings (SSSR count). The molecule has 2 saturated heterocycles. The Balaban J connectivity index is 1.73. The Hall–Kier alpha value is -1.12. The molecule has 2 aromatic carbocycles. The molecule has 2 aromatic rings. The Morgan fingerprint density at radius 1 is 0.714 bits per heavy atom. The minimum atomic E-state index is -1.98. The highest BCUT2D eigenvalue weighted by Gasteiger charge is 2.55. The van der Waals surface area contributed by atoms with Gasteiger partial charge in [-0.05, 0) is 55.5 Å². The highest BCUT2D eigenvalue weighted by Crippen LogP contribution is 2.68. The summed E-state index contributed by atoms with van der Waals surface area (Å²) in [6, 6.07) is 18.9. The van der Waals surface area contributed by atoms with Crippen LogP contribution in [0.3, 0.4) is 0 Å². The molecule has 0 bridgehead atoms. The Bertz CT molecular complexity index is 710. The molecule has 0 N–H and O–H groups in total. The number of hydrogen-bond acceptors (Lipinski definition) is 3. The van der Waals surface area contributed by atoms with Crippen LogP contribution in [0.25, 0.3) is 0 Å². The van der Waals surface area contributed by atoms with Crippen LogP contribution in [-0.2, 0) is 6.16 Å². The molecule has 2 fully saturated rings. The molecule has 2 aliphatic heterocycles. The molecule has 0 atom stereocenters. The molecular formula is C23H31ClN2OP+. The average molecular weight is 418 g/mol. The van der Waals surface area contributed by atoms with E-state index >= 15 is 0 Å². The van der Waals surface area contributed by atoms with Crippen LogP contribution in [0.1, 0.15) is 44.1 Å². The summed E-state index contributed by atoms with van der Waals surface area (Å²) in [4.78, 5) is 0. The van der Waals surface area contributed by atoms with Gasteiger partial charge < -0.3 is 4.52 Å². The first-order valence-corrected chi connectivity index (χ1v) is 12.8. The van der Waals surface area contributed by atoms with Crippen molar-refractivity contribution in [2.75, 3.05) is 26.2 Å². The Morgan fingerprint density at radius 2 is 1.25 bits per heavy atom. The lowest BCUT2D eigenvalue weighted by molar-refractivity contribution is 0.257. The highest BCUT2D eigenvalue weighted by atomic mass is 35.5. The molecule has 2 aliphatic rings. The van der Waals surface area contributed by atoms with Crippen molar-refractivity contribution in [2.45, 2.75) is 44.7 Å². The third-order valence-electron chi connectivity index (χ3n) is 5.85. The van der Waals surface area contributed by atoms with Gasteiger partial charge >= 0.3 is 7.79 Å². The smallest absolute Gasteiger partial charge is 0.312 e. The summed E-state index contributed by atoms with van der Waals surface area (Å²) in [5.41, 5.74) is 1.38. The van der Waals surface area contributed by atoms with E-state index in [0.717, 1.165) is 43.1 Å². The molecule has 0 aliphatic carbocycles. The first-order valence-electron chi connectivity index (χ1n) is 10.6. The van der Waals surface area contributed by atoms with Crippen LogP contribution in [0, 0.1) is 0 Å². The van der Waals surface area contributed by atoms with Crippen molar-refractivity contribution < 1.29 is 4.52 Å². The summed E-state index contributed by atoms with van der Waals surface area (Å²) < 4.78 is 12.5. The van der Waals surface area contributed by atoms with E-state index in [1.54, 1.807) is 0 Å². The van der Waals surface area contributed by atoms with E-state index in [4.69, 9.17) is 16.1 Å². The lowest BCUT2D eigenvalue weighted by Crippen LogP contribution is -2.44. The van der Waals surface area contributed by atoms with Gasteiger partial charge in [-0.15, -0.1) is 9.34 Å². The Kier molecular flexibility index (Phi) is 6.90. The lowest BCUT2D eigenvalue weighted by atomic mass is 10.2. The molecular weight excluding hydrogens is 387 g/mol. The first kappa shape index (κ1) is 20.2. The van der Waals surface area contributed by atoms with Crippen LogP contribution in [0.5, 0.6) is 5.75 Å². The van der Waals surface area contributed by atoms with Crippen molar-refractivity contribution in [3.05, 3.63) is 65.2 Å². The maximum absolute atomic E-state index is 7.04. The van der Waals surface area contributed by atoms with Gasteiger partial charge in [-0.2, -0.15) is 0 Å². The fourth-order valence-electron chi connectivity index (χ4n) is 4.39. The van der Waals surface area contributed by atoms with Gasteiger partial charge in [0.1, 0.15) is 0 Å². The van der Waals surface area contributed by atoms with Crippen LogP contribution in [0.4, 0.5) is 0 Å². The Labute approximate surface area is 175 Å². The second kappa shape index (κ2) is 9.59. The van der Waals surface area contributed by atoms with E-state index < -0.39 is 7.79 Å². The molecule has 0 radical (unpaired) electrons. The standard InChI is InChI=1S/C23H31ClN2OP/c24-22-12-14-23(15-13-22)27-28(25-16-6-2-7-17-25,26-18-8-3-9-19-26)20-21-10-4-1-5-11-21/h1,4-5,10-15H,2-3,6-9,16-20H2/q+1. The van der Waals surface area contributed by atoms with Gasteiger partial charge in [0.15, 0.2) is 11.9 Å². The van der Waals surface area contributed by atoms with Gasteiger partial charge in [-0.3, -0.25) is 0 Å². The lowest BCUT2D eigenvalue weighted by Gasteiger charge is -2.43. The van der Waals surface area contributed by atoms with Crippen molar-refractivity contribution in [3.8, 4) is 5.75 Å². The zero-order valence-electron chi connectivity index (χ0n) is 16.6. The quantitative estimate of drug-likeness (QED) is 0.489. The van der Waals surface area contributed by atoms with Crippen LogP contribution in [0.15, 0.2) is 54.6 Å². The fraction of sp³-hybridized carbons (Fsp3) is 0.478. The van der Waals surface area contributed by atoms with Gasteiger partial charge in [0.05, 0.1) is 0 Å². The number of benzene rings is 2. The van der Waals surface area contributed by atoms with E-state index in [1.807, 2.05) is 24.3 Å². The predicted octanol–water partition coefficient (Wildman–Crippen LogP) is 6.65. The molecule has 28 heavy (non-hydrogen) atoms. The number of hydrogen-bond donors (Lipinski definition) is 0.